The molecule has 63 valence electrons. The standard InChI is InChI=1S/C8H13O3/c1-2-7(9)11-8-5-3-4-6-10-8/h8H,1-6H2. The Hall–Kier alpha value is -0.570. The predicted molar refractivity (Wildman–Crippen MR) is 39.7 cm³/mol. The van der Waals surface area contributed by atoms with Crippen molar-refractivity contribution in [3.8, 4) is 0 Å². The molecule has 1 atom stereocenters. The Kier molecular flexibility index (Phi) is 3.36. The average molecular weight is 157 g/mol. The van der Waals surface area contributed by atoms with Gasteiger partial charge in [-0.1, -0.05) is 0 Å². The molecule has 1 rings (SSSR count). The minimum absolute atomic E-state index is 0.180. The van der Waals surface area contributed by atoms with E-state index >= 15 is 0 Å². The molecule has 0 saturated carbocycles. The molecule has 0 bridgehead atoms. The molecule has 1 heterocycles. The zero-order chi connectivity index (χ0) is 8.10. The molecule has 1 fully saturated rings. The first-order valence-corrected chi connectivity index (χ1v) is 3.93. The Morgan fingerprint density at radius 1 is 1.64 bits per heavy atom. The van der Waals surface area contributed by atoms with E-state index in [9.17, 15) is 4.79 Å². The van der Waals surface area contributed by atoms with Crippen LogP contribution in [-0.2, 0) is 14.3 Å². The van der Waals surface area contributed by atoms with Crippen LogP contribution < -0.4 is 0 Å². The fourth-order valence-corrected chi connectivity index (χ4v) is 1.01. The SMILES string of the molecule is [CH2]CC(=O)OC1CCCCO1. The Morgan fingerprint density at radius 3 is 3.00 bits per heavy atom. The van der Waals surface area contributed by atoms with Crippen molar-refractivity contribution in [3.05, 3.63) is 6.92 Å². The van der Waals surface area contributed by atoms with E-state index in [0.717, 1.165) is 19.3 Å². The van der Waals surface area contributed by atoms with Crippen molar-refractivity contribution >= 4 is 5.97 Å². The van der Waals surface area contributed by atoms with Gasteiger partial charge in [0.05, 0.1) is 6.61 Å². The van der Waals surface area contributed by atoms with Crippen LogP contribution in [0.15, 0.2) is 0 Å². The summed E-state index contributed by atoms with van der Waals surface area (Å²) in [5, 5.41) is 0. The number of carbonyl (C=O) groups excluding carboxylic acids is 1. The van der Waals surface area contributed by atoms with Gasteiger partial charge in [0.2, 0.25) is 6.29 Å². The molecular formula is C8H13O3. The van der Waals surface area contributed by atoms with Gasteiger partial charge < -0.3 is 9.47 Å². The zero-order valence-electron chi connectivity index (χ0n) is 6.54. The Morgan fingerprint density at radius 2 is 2.45 bits per heavy atom. The lowest BCUT2D eigenvalue weighted by molar-refractivity contribution is -0.185. The van der Waals surface area contributed by atoms with E-state index in [1.807, 2.05) is 0 Å². The smallest absolute Gasteiger partial charge is 0.308 e. The number of hydrogen-bond acceptors (Lipinski definition) is 3. The van der Waals surface area contributed by atoms with E-state index in [-0.39, 0.29) is 18.7 Å². The molecule has 1 saturated heterocycles. The van der Waals surface area contributed by atoms with E-state index in [1.54, 1.807) is 0 Å². The summed E-state index contributed by atoms with van der Waals surface area (Å²) in [6.45, 7) is 4.12. The molecule has 1 aliphatic rings. The molecule has 0 amide bonds. The van der Waals surface area contributed by atoms with Crippen LogP contribution in [0.25, 0.3) is 0 Å². The van der Waals surface area contributed by atoms with Gasteiger partial charge >= 0.3 is 5.97 Å². The fourth-order valence-electron chi connectivity index (χ4n) is 1.01. The highest BCUT2D eigenvalue weighted by molar-refractivity contribution is 5.69. The molecule has 0 aromatic heterocycles. The quantitative estimate of drug-likeness (QED) is 0.566. The number of hydrogen-bond donors (Lipinski definition) is 0. The van der Waals surface area contributed by atoms with E-state index in [0.29, 0.717) is 6.61 Å². The van der Waals surface area contributed by atoms with Gasteiger partial charge in [-0.25, -0.2) is 0 Å². The van der Waals surface area contributed by atoms with Gasteiger partial charge in [-0.05, 0) is 19.8 Å². The normalized spacial score (nSPS) is 24.6. The molecule has 1 unspecified atom stereocenters. The van der Waals surface area contributed by atoms with Crippen LogP contribution in [0.4, 0.5) is 0 Å². The Labute approximate surface area is 66.7 Å². The molecule has 0 aliphatic carbocycles. The maximum Gasteiger partial charge on any atom is 0.308 e. The number of rotatable bonds is 2. The molecule has 0 N–H and O–H groups in total. The van der Waals surface area contributed by atoms with Crippen LogP contribution in [0.1, 0.15) is 25.7 Å². The van der Waals surface area contributed by atoms with Gasteiger partial charge in [-0.3, -0.25) is 4.79 Å². The van der Waals surface area contributed by atoms with E-state index in [4.69, 9.17) is 9.47 Å². The second kappa shape index (κ2) is 4.34. The molecule has 0 aromatic carbocycles. The highest BCUT2D eigenvalue weighted by Gasteiger charge is 2.16. The lowest BCUT2D eigenvalue weighted by Crippen LogP contribution is -2.24. The first kappa shape index (κ1) is 8.53. The summed E-state index contributed by atoms with van der Waals surface area (Å²) in [5.74, 6) is -0.281. The minimum atomic E-state index is -0.307. The summed E-state index contributed by atoms with van der Waals surface area (Å²) in [6.07, 6.45) is 2.84. The van der Waals surface area contributed by atoms with Crippen molar-refractivity contribution in [3.63, 3.8) is 0 Å². The van der Waals surface area contributed by atoms with Crippen molar-refractivity contribution in [1.29, 1.82) is 0 Å². The molecular weight excluding hydrogens is 144 g/mol. The van der Waals surface area contributed by atoms with Crippen molar-refractivity contribution in [2.75, 3.05) is 6.61 Å². The van der Waals surface area contributed by atoms with E-state index in [2.05, 4.69) is 6.92 Å². The summed E-state index contributed by atoms with van der Waals surface area (Å²) < 4.78 is 10.1. The molecule has 1 radical (unpaired) electrons. The first-order valence-electron chi connectivity index (χ1n) is 3.93. The molecule has 3 heteroatoms. The van der Waals surface area contributed by atoms with Gasteiger partial charge in [0.1, 0.15) is 0 Å². The zero-order valence-corrected chi connectivity index (χ0v) is 6.54. The second-order valence-corrected chi connectivity index (χ2v) is 2.54. The fraction of sp³-hybridized carbons (Fsp3) is 0.750. The van der Waals surface area contributed by atoms with Crippen LogP contribution in [0.5, 0.6) is 0 Å². The number of ether oxygens (including phenoxy) is 2. The Balaban J connectivity index is 2.19. The molecule has 3 nitrogen and oxygen atoms in total. The third kappa shape index (κ3) is 2.89. The van der Waals surface area contributed by atoms with Gasteiger partial charge in [-0.2, -0.15) is 0 Å². The highest BCUT2D eigenvalue weighted by Crippen LogP contribution is 2.13. The topological polar surface area (TPSA) is 35.5 Å². The van der Waals surface area contributed by atoms with Crippen molar-refractivity contribution in [2.45, 2.75) is 32.0 Å². The summed E-state index contributed by atoms with van der Waals surface area (Å²) >= 11 is 0. The van der Waals surface area contributed by atoms with Gasteiger partial charge in [0.15, 0.2) is 0 Å². The maximum atomic E-state index is 10.7. The third-order valence-electron chi connectivity index (χ3n) is 1.60. The molecule has 1 aliphatic heterocycles. The summed E-state index contributed by atoms with van der Waals surface area (Å²) in [7, 11) is 0. The van der Waals surface area contributed by atoms with Crippen LogP contribution in [0.2, 0.25) is 0 Å². The summed E-state index contributed by atoms with van der Waals surface area (Å²) in [6, 6.07) is 0. The monoisotopic (exact) mass is 157 g/mol. The lowest BCUT2D eigenvalue weighted by Gasteiger charge is -2.21. The average Bonchev–Trinajstić information content (AvgIpc) is 2.06. The largest absolute Gasteiger partial charge is 0.436 e. The van der Waals surface area contributed by atoms with Gasteiger partial charge in [0, 0.05) is 12.8 Å². The van der Waals surface area contributed by atoms with E-state index < -0.39 is 0 Å². The molecule has 0 aromatic rings. The number of esters is 1. The predicted octanol–water partition coefficient (Wildman–Crippen LogP) is 1.28. The van der Waals surface area contributed by atoms with Crippen LogP contribution in [0, 0.1) is 6.92 Å². The lowest BCUT2D eigenvalue weighted by atomic mass is 10.2. The molecule has 0 spiro atoms. The minimum Gasteiger partial charge on any atom is -0.436 e. The van der Waals surface area contributed by atoms with Gasteiger partial charge in [-0.15, -0.1) is 0 Å². The Bertz CT molecular complexity index is 127. The van der Waals surface area contributed by atoms with E-state index in [1.165, 1.54) is 0 Å². The third-order valence-corrected chi connectivity index (χ3v) is 1.60. The molecule has 11 heavy (non-hydrogen) atoms. The highest BCUT2D eigenvalue weighted by atomic mass is 16.7. The first-order chi connectivity index (χ1) is 5.33. The van der Waals surface area contributed by atoms with Crippen molar-refractivity contribution in [1.82, 2.24) is 0 Å². The van der Waals surface area contributed by atoms with Crippen LogP contribution in [0.3, 0.4) is 0 Å². The second-order valence-electron chi connectivity index (χ2n) is 2.54. The summed E-state index contributed by atoms with van der Waals surface area (Å²) in [4.78, 5) is 10.7. The van der Waals surface area contributed by atoms with Crippen LogP contribution in [-0.4, -0.2) is 18.9 Å². The summed E-state index contributed by atoms with van der Waals surface area (Å²) in [5.41, 5.74) is 0. The number of carbonyl (C=O) groups is 1. The van der Waals surface area contributed by atoms with Gasteiger partial charge in [0.25, 0.3) is 0 Å². The maximum absolute atomic E-state index is 10.7. The van der Waals surface area contributed by atoms with Crippen molar-refractivity contribution in [2.24, 2.45) is 0 Å². The van der Waals surface area contributed by atoms with Crippen molar-refractivity contribution < 1.29 is 14.3 Å². The van der Waals surface area contributed by atoms with Crippen LogP contribution >= 0.6 is 0 Å².